The standard InChI is InChI=1S/C11H12N2O/c1-2-3-11(13)10-5-4-9(14)6-8(10)7-12/h2,4-6,11,14H,1,3,13H2. The Kier molecular flexibility index (Phi) is 3.27. The highest BCUT2D eigenvalue weighted by Gasteiger charge is 2.09. The Hall–Kier alpha value is -1.79. The molecular weight excluding hydrogens is 176 g/mol. The molecule has 0 heterocycles. The van der Waals surface area contributed by atoms with Crippen molar-refractivity contribution in [3.63, 3.8) is 0 Å². The average molecular weight is 188 g/mol. The second kappa shape index (κ2) is 4.45. The molecule has 1 atom stereocenters. The van der Waals surface area contributed by atoms with Crippen LogP contribution in [0.4, 0.5) is 0 Å². The van der Waals surface area contributed by atoms with Crippen LogP contribution in [0, 0.1) is 11.3 Å². The van der Waals surface area contributed by atoms with Crippen molar-refractivity contribution in [3.05, 3.63) is 42.0 Å². The van der Waals surface area contributed by atoms with Crippen LogP contribution in [0.2, 0.25) is 0 Å². The number of nitrogens with zero attached hydrogens (tertiary/aromatic N) is 1. The first-order valence-corrected chi connectivity index (χ1v) is 4.28. The van der Waals surface area contributed by atoms with Gasteiger partial charge in [0.05, 0.1) is 11.6 Å². The van der Waals surface area contributed by atoms with Crippen molar-refractivity contribution in [1.82, 2.24) is 0 Å². The van der Waals surface area contributed by atoms with Gasteiger partial charge in [0.1, 0.15) is 5.75 Å². The second-order valence-corrected chi connectivity index (χ2v) is 3.01. The smallest absolute Gasteiger partial charge is 0.116 e. The SMILES string of the molecule is C=CCC(N)c1ccc(O)cc1C#N. The molecule has 0 saturated carbocycles. The molecule has 0 saturated heterocycles. The van der Waals surface area contributed by atoms with Crippen molar-refractivity contribution in [2.75, 3.05) is 0 Å². The third kappa shape index (κ3) is 2.12. The molecule has 0 bridgehead atoms. The molecule has 14 heavy (non-hydrogen) atoms. The lowest BCUT2D eigenvalue weighted by atomic mass is 9.99. The summed E-state index contributed by atoms with van der Waals surface area (Å²) >= 11 is 0. The van der Waals surface area contributed by atoms with Gasteiger partial charge in [0, 0.05) is 6.04 Å². The van der Waals surface area contributed by atoms with Crippen LogP contribution < -0.4 is 5.73 Å². The summed E-state index contributed by atoms with van der Waals surface area (Å²) in [5.74, 6) is 0.0797. The minimum atomic E-state index is -0.234. The zero-order valence-corrected chi connectivity index (χ0v) is 7.77. The number of rotatable bonds is 3. The van der Waals surface area contributed by atoms with E-state index in [-0.39, 0.29) is 11.8 Å². The topological polar surface area (TPSA) is 70.0 Å². The van der Waals surface area contributed by atoms with Crippen LogP contribution in [0.25, 0.3) is 0 Å². The largest absolute Gasteiger partial charge is 0.508 e. The summed E-state index contributed by atoms with van der Waals surface area (Å²) in [6, 6.07) is 6.38. The molecule has 1 aromatic rings. The van der Waals surface area contributed by atoms with Gasteiger partial charge in [-0.05, 0) is 24.1 Å². The molecule has 0 spiro atoms. The predicted molar refractivity (Wildman–Crippen MR) is 54.6 cm³/mol. The summed E-state index contributed by atoms with van der Waals surface area (Å²) in [6.07, 6.45) is 2.32. The van der Waals surface area contributed by atoms with E-state index < -0.39 is 0 Å². The van der Waals surface area contributed by atoms with Gasteiger partial charge in [-0.1, -0.05) is 12.1 Å². The Morgan fingerprint density at radius 2 is 2.36 bits per heavy atom. The fourth-order valence-electron chi connectivity index (χ4n) is 1.27. The first kappa shape index (κ1) is 10.3. The number of aromatic hydroxyl groups is 1. The van der Waals surface area contributed by atoms with Gasteiger partial charge in [0.15, 0.2) is 0 Å². The molecular formula is C11H12N2O. The minimum absolute atomic E-state index is 0.0797. The number of phenols is 1. The lowest BCUT2D eigenvalue weighted by Gasteiger charge is -2.11. The summed E-state index contributed by atoms with van der Waals surface area (Å²) in [6.45, 7) is 3.59. The van der Waals surface area contributed by atoms with Crippen LogP contribution in [-0.2, 0) is 0 Å². The minimum Gasteiger partial charge on any atom is -0.508 e. The highest BCUT2D eigenvalue weighted by molar-refractivity contribution is 5.44. The van der Waals surface area contributed by atoms with Gasteiger partial charge >= 0.3 is 0 Å². The van der Waals surface area contributed by atoms with Gasteiger partial charge in [0.2, 0.25) is 0 Å². The zero-order chi connectivity index (χ0) is 10.6. The Morgan fingerprint density at radius 1 is 1.64 bits per heavy atom. The molecule has 1 aromatic carbocycles. The summed E-state index contributed by atoms with van der Waals surface area (Å²) < 4.78 is 0. The van der Waals surface area contributed by atoms with Crippen LogP contribution in [0.3, 0.4) is 0 Å². The monoisotopic (exact) mass is 188 g/mol. The molecule has 0 amide bonds. The first-order chi connectivity index (χ1) is 6.69. The van der Waals surface area contributed by atoms with E-state index in [0.29, 0.717) is 12.0 Å². The van der Waals surface area contributed by atoms with E-state index in [2.05, 4.69) is 6.58 Å². The number of benzene rings is 1. The van der Waals surface area contributed by atoms with Crippen LogP contribution in [0.5, 0.6) is 5.75 Å². The van der Waals surface area contributed by atoms with Crippen LogP contribution in [-0.4, -0.2) is 5.11 Å². The molecule has 0 radical (unpaired) electrons. The Labute approximate surface area is 83.1 Å². The number of hydrogen-bond donors (Lipinski definition) is 2. The van der Waals surface area contributed by atoms with Gasteiger partial charge in [-0.25, -0.2) is 0 Å². The van der Waals surface area contributed by atoms with Crippen molar-refractivity contribution in [2.45, 2.75) is 12.5 Å². The van der Waals surface area contributed by atoms with Crippen molar-refractivity contribution < 1.29 is 5.11 Å². The average Bonchev–Trinajstić information content (AvgIpc) is 2.17. The highest BCUT2D eigenvalue weighted by Crippen LogP contribution is 2.22. The lowest BCUT2D eigenvalue weighted by molar-refractivity contribution is 0.474. The maximum Gasteiger partial charge on any atom is 0.116 e. The second-order valence-electron chi connectivity index (χ2n) is 3.01. The van der Waals surface area contributed by atoms with E-state index in [1.165, 1.54) is 12.1 Å². The maximum absolute atomic E-state index is 9.17. The van der Waals surface area contributed by atoms with Crippen molar-refractivity contribution in [1.29, 1.82) is 5.26 Å². The molecule has 0 fully saturated rings. The van der Waals surface area contributed by atoms with E-state index in [1.807, 2.05) is 6.07 Å². The number of nitriles is 1. The summed E-state index contributed by atoms with van der Waals surface area (Å²) in [5, 5.41) is 18.0. The fraction of sp³-hybridized carbons (Fsp3) is 0.182. The van der Waals surface area contributed by atoms with Gasteiger partial charge in [-0.2, -0.15) is 5.26 Å². The van der Waals surface area contributed by atoms with E-state index >= 15 is 0 Å². The van der Waals surface area contributed by atoms with Gasteiger partial charge in [-0.3, -0.25) is 0 Å². The van der Waals surface area contributed by atoms with Crippen molar-refractivity contribution in [2.24, 2.45) is 5.73 Å². The number of phenolic OH excluding ortho intramolecular Hbond substituents is 1. The summed E-state index contributed by atoms with van der Waals surface area (Å²) in [5.41, 5.74) is 6.98. The Bertz CT molecular complexity index is 379. The summed E-state index contributed by atoms with van der Waals surface area (Å²) in [4.78, 5) is 0. The van der Waals surface area contributed by atoms with E-state index in [4.69, 9.17) is 16.1 Å². The van der Waals surface area contributed by atoms with Crippen LogP contribution in [0.15, 0.2) is 30.9 Å². The van der Waals surface area contributed by atoms with Gasteiger partial charge in [0.25, 0.3) is 0 Å². The Balaban J connectivity index is 3.08. The Morgan fingerprint density at radius 3 is 2.93 bits per heavy atom. The first-order valence-electron chi connectivity index (χ1n) is 4.28. The van der Waals surface area contributed by atoms with Crippen LogP contribution >= 0.6 is 0 Å². The van der Waals surface area contributed by atoms with Gasteiger partial charge < -0.3 is 10.8 Å². The normalized spacial score (nSPS) is 11.7. The quantitative estimate of drug-likeness (QED) is 0.711. The molecule has 72 valence electrons. The molecule has 0 aromatic heterocycles. The molecule has 0 aliphatic rings. The predicted octanol–water partition coefficient (Wildman–Crippen LogP) is 1.84. The zero-order valence-electron chi connectivity index (χ0n) is 7.77. The molecule has 3 heteroatoms. The van der Waals surface area contributed by atoms with Gasteiger partial charge in [-0.15, -0.1) is 6.58 Å². The third-order valence-corrected chi connectivity index (χ3v) is 1.98. The summed E-state index contributed by atoms with van der Waals surface area (Å²) in [7, 11) is 0. The molecule has 1 rings (SSSR count). The number of hydrogen-bond acceptors (Lipinski definition) is 3. The highest BCUT2D eigenvalue weighted by atomic mass is 16.3. The lowest BCUT2D eigenvalue weighted by Crippen LogP contribution is -2.10. The molecule has 0 aliphatic heterocycles. The van der Waals surface area contributed by atoms with E-state index in [0.717, 1.165) is 5.56 Å². The number of nitrogens with two attached hydrogens (primary N) is 1. The van der Waals surface area contributed by atoms with Crippen molar-refractivity contribution in [3.8, 4) is 11.8 Å². The van der Waals surface area contributed by atoms with Crippen LogP contribution in [0.1, 0.15) is 23.6 Å². The van der Waals surface area contributed by atoms with E-state index in [1.54, 1.807) is 12.1 Å². The molecule has 0 aliphatic carbocycles. The molecule has 1 unspecified atom stereocenters. The van der Waals surface area contributed by atoms with Crippen molar-refractivity contribution >= 4 is 0 Å². The molecule has 3 N–H and O–H groups in total. The van der Waals surface area contributed by atoms with E-state index in [9.17, 15) is 0 Å². The maximum atomic E-state index is 9.17. The molecule has 3 nitrogen and oxygen atoms in total. The third-order valence-electron chi connectivity index (χ3n) is 1.98. The fourth-order valence-corrected chi connectivity index (χ4v) is 1.27.